The Morgan fingerprint density at radius 2 is 1.90 bits per heavy atom. The number of hydrogen-bond donors (Lipinski definition) is 1. The first-order valence-corrected chi connectivity index (χ1v) is 8.31. The van der Waals surface area contributed by atoms with Crippen LogP contribution in [0.3, 0.4) is 0 Å². The van der Waals surface area contributed by atoms with Crippen LogP contribution >= 0.6 is 0 Å². The van der Waals surface area contributed by atoms with Gasteiger partial charge in [0.1, 0.15) is 5.82 Å². The van der Waals surface area contributed by atoms with Crippen molar-refractivity contribution in [1.82, 2.24) is 4.90 Å². The summed E-state index contributed by atoms with van der Waals surface area (Å²) in [6.07, 6.45) is 4.43. The summed E-state index contributed by atoms with van der Waals surface area (Å²) in [6, 6.07) is 7.08. The van der Waals surface area contributed by atoms with E-state index in [1.54, 1.807) is 12.1 Å². The van der Waals surface area contributed by atoms with Crippen LogP contribution in [0.15, 0.2) is 24.3 Å². The van der Waals surface area contributed by atoms with Crippen molar-refractivity contribution < 1.29 is 4.39 Å². The van der Waals surface area contributed by atoms with Gasteiger partial charge in [0, 0.05) is 18.2 Å². The zero-order valence-electron chi connectivity index (χ0n) is 13.6. The van der Waals surface area contributed by atoms with E-state index in [-0.39, 0.29) is 17.9 Å². The van der Waals surface area contributed by atoms with Crippen molar-refractivity contribution in [2.45, 2.75) is 58.5 Å². The van der Waals surface area contributed by atoms with Gasteiger partial charge in [-0.15, -0.1) is 0 Å². The van der Waals surface area contributed by atoms with E-state index in [1.165, 1.54) is 19.3 Å². The lowest BCUT2D eigenvalue weighted by atomic mass is 9.82. The summed E-state index contributed by atoms with van der Waals surface area (Å²) >= 11 is 0. The summed E-state index contributed by atoms with van der Waals surface area (Å²) < 4.78 is 14.3. The third-order valence-corrected chi connectivity index (χ3v) is 5.46. The minimum atomic E-state index is -0.128. The third-order valence-electron chi connectivity index (χ3n) is 5.46. The van der Waals surface area contributed by atoms with E-state index < -0.39 is 0 Å². The van der Waals surface area contributed by atoms with Crippen LogP contribution in [0, 0.1) is 11.2 Å². The molecule has 2 nitrogen and oxygen atoms in total. The smallest absolute Gasteiger partial charge is 0.128 e. The van der Waals surface area contributed by atoms with E-state index in [2.05, 4.69) is 25.7 Å². The highest BCUT2D eigenvalue weighted by Gasteiger charge is 2.40. The van der Waals surface area contributed by atoms with Crippen LogP contribution in [-0.2, 0) is 0 Å². The topological polar surface area (TPSA) is 29.3 Å². The molecule has 1 saturated heterocycles. The average molecular weight is 292 g/mol. The highest BCUT2D eigenvalue weighted by Crippen LogP contribution is 2.41. The van der Waals surface area contributed by atoms with Crippen molar-refractivity contribution in [2.24, 2.45) is 11.1 Å². The molecule has 1 fully saturated rings. The lowest BCUT2D eigenvalue weighted by Gasteiger charge is -2.35. The lowest BCUT2D eigenvalue weighted by Crippen LogP contribution is -2.41. The largest absolute Gasteiger partial charge is 0.326 e. The minimum Gasteiger partial charge on any atom is -0.326 e. The molecule has 1 aromatic carbocycles. The molecule has 2 rings (SSSR count). The van der Waals surface area contributed by atoms with Gasteiger partial charge < -0.3 is 5.73 Å². The maximum atomic E-state index is 14.3. The Kier molecular flexibility index (Phi) is 5.39. The zero-order chi connectivity index (χ0) is 15.5. The van der Waals surface area contributed by atoms with Crippen molar-refractivity contribution in [3.63, 3.8) is 0 Å². The minimum absolute atomic E-state index is 0.00354. The van der Waals surface area contributed by atoms with Gasteiger partial charge in [-0.1, -0.05) is 39.0 Å². The second-order valence-electron chi connectivity index (χ2n) is 6.47. The summed E-state index contributed by atoms with van der Waals surface area (Å²) in [5, 5.41) is 0. The van der Waals surface area contributed by atoms with E-state index >= 15 is 0 Å². The van der Waals surface area contributed by atoms with E-state index in [4.69, 9.17) is 5.73 Å². The normalized spacial score (nSPS) is 21.4. The fourth-order valence-corrected chi connectivity index (χ4v) is 3.67. The van der Waals surface area contributed by atoms with Crippen LogP contribution in [0.4, 0.5) is 4.39 Å². The van der Waals surface area contributed by atoms with Gasteiger partial charge in [-0.25, -0.2) is 4.39 Å². The second-order valence-corrected chi connectivity index (χ2v) is 6.47. The Labute approximate surface area is 128 Å². The molecule has 118 valence electrons. The molecule has 0 saturated carbocycles. The number of nitrogens with two attached hydrogens (primary N) is 1. The molecular weight excluding hydrogens is 263 g/mol. The number of rotatable bonds is 6. The highest BCUT2D eigenvalue weighted by molar-refractivity contribution is 5.23. The van der Waals surface area contributed by atoms with Gasteiger partial charge in [0.15, 0.2) is 0 Å². The molecule has 1 heterocycles. The van der Waals surface area contributed by atoms with Crippen molar-refractivity contribution >= 4 is 0 Å². The van der Waals surface area contributed by atoms with Crippen molar-refractivity contribution in [1.29, 1.82) is 0 Å². The van der Waals surface area contributed by atoms with Gasteiger partial charge in [0.25, 0.3) is 0 Å². The second kappa shape index (κ2) is 6.89. The molecule has 0 aliphatic carbocycles. The summed E-state index contributed by atoms with van der Waals surface area (Å²) in [5.41, 5.74) is 7.51. The first-order chi connectivity index (χ1) is 10.1. The molecule has 21 heavy (non-hydrogen) atoms. The summed E-state index contributed by atoms with van der Waals surface area (Å²) in [4.78, 5) is 2.42. The predicted molar refractivity (Wildman–Crippen MR) is 86.6 cm³/mol. The van der Waals surface area contributed by atoms with Crippen LogP contribution in [-0.4, -0.2) is 24.0 Å². The molecule has 0 amide bonds. The summed E-state index contributed by atoms with van der Waals surface area (Å²) in [7, 11) is 0. The van der Waals surface area contributed by atoms with Gasteiger partial charge in [-0.05, 0) is 43.7 Å². The quantitative estimate of drug-likeness (QED) is 0.854. The van der Waals surface area contributed by atoms with E-state index in [0.29, 0.717) is 5.41 Å². The molecule has 3 heteroatoms. The van der Waals surface area contributed by atoms with Crippen LogP contribution in [0.25, 0.3) is 0 Å². The van der Waals surface area contributed by atoms with Gasteiger partial charge in [0.05, 0.1) is 6.04 Å². The fourth-order valence-electron chi connectivity index (χ4n) is 3.67. The first kappa shape index (κ1) is 16.4. The summed E-state index contributed by atoms with van der Waals surface area (Å²) in [5.74, 6) is -0.128. The molecule has 0 spiro atoms. The molecule has 1 aliphatic heterocycles. The number of likely N-dealkylation sites (tertiary alicyclic amines) is 1. The Morgan fingerprint density at radius 1 is 1.24 bits per heavy atom. The molecule has 1 aliphatic rings. The van der Waals surface area contributed by atoms with Gasteiger partial charge in [0.2, 0.25) is 0 Å². The number of benzene rings is 1. The zero-order valence-corrected chi connectivity index (χ0v) is 13.6. The van der Waals surface area contributed by atoms with Crippen LogP contribution < -0.4 is 5.73 Å². The molecule has 0 radical (unpaired) electrons. The Hall–Kier alpha value is -0.930. The SMILES string of the molecule is CCC(N)C(c1ccccc1F)N1CCC(CC)(CC)C1. The lowest BCUT2D eigenvalue weighted by molar-refractivity contribution is 0.169. The van der Waals surface area contributed by atoms with Crippen molar-refractivity contribution in [2.75, 3.05) is 13.1 Å². The number of hydrogen-bond acceptors (Lipinski definition) is 2. The van der Waals surface area contributed by atoms with Gasteiger partial charge in [-0.2, -0.15) is 0 Å². The maximum absolute atomic E-state index is 14.3. The standard InChI is InChI=1S/C18H29FN2/c1-4-16(20)17(14-9-7-8-10-15(14)19)21-12-11-18(5-2,6-3)13-21/h7-10,16-17H,4-6,11-13,20H2,1-3H3. The predicted octanol–water partition coefficient (Wildman–Crippen LogP) is 4.12. The summed E-state index contributed by atoms with van der Waals surface area (Å²) in [6.45, 7) is 8.68. The Balaban J connectivity index is 2.29. The molecule has 2 N–H and O–H groups in total. The maximum Gasteiger partial charge on any atom is 0.128 e. The molecule has 0 aromatic heterocycles. The van der Waals surface area contributed by atoms with Crippen LogP contribution in [0.5, 0.6) is 0 Å². The monoisotopic (exact) mass is 292 g/mol. The molecule has 2 atom stereocenters. The fraction of sp³-hybridized carbons (Fsp3) is 0.667. The molecular formula is C18H29FN2. The van der Waals surface area contributed by atoms with Gasteiger partial charge >= 0.3 is 0 Å². The Morgan fingerprint density at radius 3 is 2.43 bits per heavy atom. The number of nitrogens with zero attached hydrogens (tertiary/aromatic N) is 1. The van der Waals surface area contributed by atoms with Crippen molar-refractivity contribution in [3.05, 3.63) is 35.6 Å². The van der Waals surface area contributed by atoms with Crippen LogP contribution in [0.1, 0.15) is 58.1 Å². The van der Waals surface area contributed by atoms with E-state index in [0.717, 1.165) is 25.1 Å². The van der Waals surface area contributed by atoms with Crippen LogP contribution in [0.2, 0.25) is 0 Å². The molecule has 1 aromatic rings. The third kappa shape index (κ3) is 3.29. The van der Waals surface area contributed by atoms with E-state index in [1.807, 2.05) is 12.1 Å². The Bertz CT molecular complexity index is 456. The van der Waals surface area contributed by atoms with Crippen molar-refractivity contribution in [3.8, 4) is 0 Å². The molecule has 2 unspecified atom stereocenters. The van der Waals surface area contributed by atoms with Gasteiger partial charge in [-0.3, -0.25) is 4.90 Å². The average Bonchev–Trinajstić information content (AvgIpc) is 2.94. The molecule has 0 bridgehead atoms. The first-order valence-electron chi connectivity index (χ1n) is 8.31. The highest BCUT2D eigenvalue weighted by atomic mass is 19.1. The van der Waals surface area contributed by atoms with E-state index in [9.17, 15) is 4.39 Å². The number of halogens is 1.